The molecule has 0 saturated heterocycles. The number of ether oxygens (including phenoxy) is 1. The van der Waals surface area contributed by atoms with E-state index in [2.05, 4.69) is 31.3 Å². The number of amides is 1. The Labute approximate surface area is 450 Å². The third-order valence-electron chi connectivity index (χ3n) is 15.6. The number of unbranched alkanes of at least 4 members (excludes halogenated alkanes) is 49. The first-order valence-corrected chi connectivity index (χ1v) is 32.9. The van der Waals surface area contributed by atoms with Crippen molar-refractivity contribution in [2.24, 2.45) is 0 Å². The molecule has 0 aromatic heterocycles. The van der Waals surface area contributed by atoms with E-state index in [0.29, 0.717) is 25.9 Å². The SMILES string of the molecule is CCCC/C=C\CCCCCCCC(=O)OCCCCCCCCCCCCCCCCCCCCCCCCCCCCCC(=O)NC(CO)C(O)CCCCCCCCCCCCCCCCCCC. The molecule has 0 rings (SSSR count). The van der Waals surface area contributed by atoms with Gasteiger partial charge < -0.3 is 20.3 Å². The molecule has 0 fully saturated rings. The van der Waals surface area contributed by atoms with Crippen LogP contribution in [0.15, 0.2) is 12.2 Å². The van der Waals surface area contributed by atoms with Crippen LogP contribution < -0.4 is 5.32 Å². The maximum atomic E-state index is 12.5. The lowest BCUT2D eigenvalue weighted by atomic mass is 10.0. The van der Waals surface area contributed by atoms with Crippen molar-refractivity contribution in [1.29, 1.82) is 0 Å². The predicted octanol–water partition coefficient (Wildman–Crippen LogP) is 20.8. The number of carbonyl (C=O) groups excluding carboxylic acids is 2. The van der Waals surface area contributed by atoms with Gasteiger partial charge in [-0.15, -0.1) is 0 Å². The third-order valence-corrected chi connectivity index (χ3v) is 15.6. The molecule has 0 aliphatic carbocycles. The van der Waals surface area contributed by atoms with Crippen LogP contribution in [-0.4, -0.2) is 47.4 Å². The first-order valence-electron chi connectivity index (χ1n) is 32.9. The minimum absolute atomic E-state index is 0.00762. The number of aliphatic hydroxyl groups is 2. The van der Waals surface area contributed by atoms with E-state index < -0.39 is 12.1 Å². The molecular weight excluding hydrogens is 887 g/mol. The number of hydrogen-bond donors (Lipinski definition) is 3. The minimum atomic E-state index is -0.662. The van der Waals surface area contributed by atoms with Crippen molar-refractivity contribution in [2.45, 2.75) is 386 Å². The van der Waals surface area contributed by atoms with Gasteiger partial charge in [0.1, 0.15) is 0 Å². The highest BCUT2D eigenvalue weighted by atomic mass is 16.5. The number of nitrogens with one attached hydrogen (secondary N) is 1. The zero-order valence-electron chi connectivity index (χ0n) is 48.9. The molecule has 6 nitrogen and oxygen atoms in total. The Bertz CT molecular complexity index is 1080. The topological polar surface area (TPSA) is 95.9 Å². The molecule has 0 aliphatic heterocycles. The number of rotatable bonds is 62. The maximum Gasteiger partial charge on any atom is 0.305 e. The summed E-state index contributed by atoms with van der Waals surface area (Å²) in [6.07, 6.45) is 75.3. The monoisotopic (exact) mass is 1020 g/mol. The summed E-state index contributed by atoms with van der Waals surface area (Å²) in [5, 5.41) is 23.4. The maximum absolute atomic E-state index is 12.5. The number of hydrogen-bond acceptors (Lipinski definition) is 5. The molecule has 428 valence electrons. The lowest BCUT2D eigenvalue weighted by molar-refractivity contribution is -0.143. The molecule has 0 spiro atoms. The highest BCUT2D eigenvalue weighted by molar-refractivity contribution is 5.76. The number of aliphatic hydroxyl groups excluding tert-OH is 2. The van der Waals surface area contributed by atoms with Gasteiger partial charge in [-0.3, -0.25) is 9.59 Å². The molecule has 0 aliphatic rings. The number of esters is 1. The highest BCUT2D eigenvalue weighted by Crippen LogP contribution is 2.19. The quantitative estimate of drug-likeness (QED) is 0.0320. The molecule has 1 amide bonds. The van der Waals surface area contributed by atoms with Gasteiger partial charge >= 0.3 is 5.97 Å². The van der Waals surface area contributed by atoms with Crippen molar-refractivity contribution in [3.05, 3.63) is 12.2 Å². The lowest BCUT2D eigenvalue weighted by Crippen LogP contribution is -2.45. The van der Waals surface area contributed by atoms with Crippen LogP contribution in [0.5, 0.6) is 0 Å². The minimum Gasteiger partial charge on any atom is -0.466 e. The predicted molar refractivity (Wildman–Crippen MR) is 315 cm³/mol. The summed E-state index contributed by atoms with van der Waals surface area (Å²) in [6, 6.07) is -0.539. The van der Waals surface area contributed by atoms with Crippen LogP contribution in [0.1, 0.15) is 373 Å². The molecule has 0 heterocycles. The second-order valence-corrected chi connectivity index (χ2v) is 22.8. The van der Waals surface area contributed by atoms with Crippen molar-refractivity contribution in [1.82, 2.24) is 5.32 Å². The van der Waals surface area contributed by atoms with Crippen molar-refractivity contribution in [2.75, 3.05) is 13.2 Å². The fourth-order valence-corrected chi connectivity index (χ4v) is 10.5. The Hall–Kier alpha value is -1.40. The molecule has 0 bridgehead atoms. The molecule has 2 unspecified atom stereocenters. The summed E-state index contributed by atoms with van der Waals surface area (Å²) in [7, 11) is 0. The van der Waals surface area contributed by atoms with Crippen LogP contribution in [0.25, 0.3) is 0 Å². The summed E-state index contributed by atoms with van der Waals surface area (Å²) >= 11 is 0. The largest absolute Gasteiger partial charge is 0.466 e. The second-order valence-electron chi connectivity index (χ2n) is 22.8. The van der Waals surface area contributed by atoms with Crippen LogP contribution in [-0.2, 0) is 14.3 Å². The van der Waals surface area contributed by atoms with Crippen LogP contribution in [0.4, 0.5) is 0 Å². The van der Waals surface area contributed by atoms with Crippen molar-refractivity contribution in [3.8, 4) is 0 Å². The van der Waals surface area contributed by atoms with Gasteiger partial charge in [0, 0.05) is 12.8 Å². The van der Waals surface area contributed by atoms with Crippen LogP contribution in [0.2, 0.25) is 0 Å². The van der Waals surface area contributed by atoms with Gasteiger partial charge in [-0.2, -0.15) is 0 Å². The van der Waals surface area contributed by atoms with Gasteiger partial charge in [0.05, 0.1) is 25.4 Å². The van der Waals surface area contributed by atoms with E-state index in [1.54, 1.807) is 0 Å². The van der Waals surface area contributed by atoms with Crippen molar-refractivity contribution in [3.63, 3.8) is 0 Å². The number of allylic oxidation sites excluding steroid dienone is 2. The average molecular weight is 1020 g/mol. The lowest BCUT2D eigenvalue weighted by Gasteiger charge is -2.22. The molecular formula is C66H129NO5. The Morgan fingerprint density at radius 2 is 0.667 bits per heavy atom. The molecule has 3 N–H and O–H groups in total. The van der Waals surface area contributed by atoms with E-state index >= 15 is 0 Å². The second kappa shape index (κ2) is 62.1. The molecule has 0 radical (unpaired) electrons. The van der Waals surface area contributed by atoms with Gasteiger partial charge in [0.15, 0.2) is 0 Å². The molecule has 0 aromatic rings. The van der Waals surface area contributed by atoms with Crippen molar-refractivity contribution >= 4 is 11.9 Å². The summed E-state index contributed by atoms with van der Waals surface area (Å²) in [6.45, 7) is 4.95. The first-order chi connectivity index (χ1) is 35.5. The Morgan fingerprint density at radius 3 is 1.03 bits per heavy atom. The van der Waals surface area contributed by atoms with E-state index in [-0.39, 0.29) is 18.5 Å². The van der Waals surface area contributed by atoms with E-state index in [1.807, 2.05) is 0 Å². The molecule has 6 heteroatoms. The average Bonchev–Trinajstić information content (AvgIpc) is 3.38. The highest BCUT2D eigenvalue weighted by Gasteiger charge is 2.20. The normalized spacial score (nSPS) is 12.6. The van der Waals surface area contributed by atoms with Gasteiger partial charge in [-0.25, -0.2) is 0 Å². The van der Waals surface area contributed by atoms with Gasteiger partial charge in [-0.05, 0) is 44.9 Å². The molecule has 72 heavy (non-hydrogen) atoms. The first kappa shape index (κ1) is 70.6. The standard InChI is InChI=1S/C66H129NO5/c1-3-5-7-9-11-13-15-16-17-29-32-35-39-42-46-50-54-58-64(69)63(62-68)67-65(70)59-55-51-47-43-40-36-33-30-27-25-23-21-19-18-20-22-24-26-28-31-34-37-41-45-49-53-57-61-72-66(71)60-56-52-48-44-38-14-12-10-8-6-4-2/h10,12,63-64,68-69H,3-9,11,13-62H2,1-2H3,(H,67,70)/b12-10-. The van der Waals surface area contributed by atoms with E-state index in [1.165, 1.54) is 295 Å². The van der Waals surface area contributed by atoms with Gasteiger partial charge in [0.25, 0.3) is 0 Å². The van der Waals surface area contributed by atoms with Gasteiger partial charge in [0.2, 0.25) is 5.91 Å². The van der Waals surface area contributed by atoms with Crippen LogP contribution >= 0.6 is 0 Å². The summed E-state index contributed by atoms with van der Waals surface area (Å²) < 4.78 is 5.46. The van der Waals surface area contributed by atoms with Crippen LogP contribution in [0, 0.1) is 0 Å². The molecule has 2 atom stereocenters. The Morgan fingerprint density at radius 1 is 0.375 bits per heavy atom. The Kier molecular flexibility index (Phi) is 60.9. The van der Waals surface area contributed by atoms with Gasteiger partial charge in [-0.1, -0.05) is 328 Å². The molecule has 0 aromatic carbocycles. The summed E-state index contributed by atoms with van der Waals surface area (Å²) in [4.78, 5) is 24.5. The fraction of sp³-hybridized carbons (Fsp3) is 0.939. The number of carbonyl (C=O) groups is 2. The zero-order chi connectivity index (χ0) is 52.2. The van der Waals surface area contributed by atoms with E-state index in [0.717, 1.165) is 44.9 Å². The Balaban J connectivity index is 3.35. The fourth-order valence-electron chi connectivity index (χ4n) is 10.5. The summed E-state index contributed by atoms with van der Waals surface area (Å²) in [5.74, 6) is -0.0211. The van der Waals surface area contributed by atoms with E-state index in [4.69, 9.17) is 4.74 Å². The summed E-state index contributed by atoms with van der Waals surface area (Å²) in [5.41, 5.74) is 0. The van der Waals surface area contributed by atoms with E-state index in [9.17, 15) is 19.8 Å². The smallest absolute Gasteiger partial charge is 0.305 e. The molecule has 0 saturated carbocycles. The third kappa shape index (κ3) is 57.9. The zero-order valence-corrected chi connectivity index (χ0v) is 48.9. The van der Waals surface area contributed by atoms with Crippen molar-refractivity contribution < 1.29 is 24.5 Å². The van der Waals surface area contributed by atoms with Crippen LogP contribution in [0.3, 0.4) is 0 Å².